The Hall–Kier alpha value is -0.530. The second kappa shape index (κ2) is 26.7. The molecule has 0 fully saturated rings. The molecule has 0 aromatic heterocycles. The molecule has 0 aliphatic rings. The summed E-state index contributed by atoms with van der Waals surface area (Å²) in [5.74, 6) is 0. The zero-order valence-corrected chi connectivity index (χ0v) is 22.2. The lowest BCUT2D eigenvalue weighted by atomic mass is 10.0. The predicted molar refractivity (Wildman–Crippen MR) is 148 cm³/mol. The van der Waals surface area contributed by atoms with Gasteiger partial charge in [0.2, 0.25) is 0 Å². The molecule has 0 heterocycles. The van der Waals surface area contributed by atoms with Crippen LogP contribution in [0.25, 0.3) is 0 Å². The molecule has 2 heteroatoms. The number of aryl methyl sites for hydroxylation is 1. The quantitative estimate of drug-likeness (QED) is 0.151. The normalized spacial score (nSPS) is 10.9. The van der Waals surface area contributed by atoms with E-state index in [1.807, 2.05) is 0 Å². The molecule has 0 saturated carbocycles. The highest BCUT2D eigenvalue weighted by atomic mass is 35.5. The van der Waals surface area contributed by atoms with Crippen LogP contribution in [0.15, 0.2) is 30.3 Å². The van der Waals surface area contributed by atoms with Gasteiger partial charge >= 0.3 is 0 Å². The molecule has 32 heavy (non-hydrogen) atoms. The summed E-state index contributed by atoms with van der Waals surface area (Å²) in [6.45, 7) is 0.871. The van der Waals surface area contributed by atoms with Crippen LogP contribution >= 0.6 is 12.4 Å². The van der Waals surface area contributed by atoms with E-state index in [1.54, 1.807) is 0 Å². The van der Waals surface area contributed by atoms with Gasteiger partial charge in [0.25, 0.3) is 0 Å². The Morgan fingerprint density at radius 1 is 0.375 bits per heavy atom. The van der Waals surface area contributed by atoms with E-state index < -0.39 is 0 Å². The fraction of sp³-hybridized carbons (Fsp3) is 0.800. The first kappa shape index (κ1) is 31.5. The maximum atomic E-state index is 5.53. The maximum Gasteiger partial charge on any atom is -0.00773 e. The summed E-state index contributed by atoms with van der Waals surface area (Å²) in [5.41, 5.74) is 7.03. The summed E-state index contributed by atoms with van der Waals surface area (Å²) >= 11 is 0. The summed E-state index contributed by atoms with van der Waals surface area (Å²) in [6.07, 6.45) is 32.8. The lowest BCUT2D eigenvalue weighted by Crippen LogP contribution is -1.97. The van der Waals surface area contributed by atoms with Gasteiger partial charge in [0.1, 0.15) is 0 Å². The molecule has 0 bridgehead atoms. The van der Waals surface area contributed by atoms with Crippen LogP contribution in [-0.4, -0.2) is 6.54 Å². The Morgan fingerprint density at radius 2 is 0.656 bits per heavy atom. The molecule has 0 aliphatic heterocycles. The molecule has 188 valence electrons. The Balaban J connectivity index is 0.00000961. The van der Waals surface area contributed by atoms with E-state index in [4.69, 9.17) is 5.73 Å². The molecule has 0 saturated heterocycles. The summed E-state index contributed by atoms with van der Waals surface area (Å²) in [5, 5.41) is 0. The average Bonchev–Trinajstić information content (AvgIpc) is 2.80. The third-order valence-corrected chi connectivity index (χ3v) is 6.76. The van der Waals surface area contributed by atoms with Gasteiger partial charge in [0.05, 0.1) is 0 Å². The van der Waals surface area contributed by atoms with Gasteiger partial charge in [-0.15, -0.1) is 12.4 Å². The molecule has 1 nitrogen and oxygen atoms in total. The first-order valence-corrected chi connectivity index (χ1v) is 14.2. The number of nitrogens with two attached hydrogens (primary N) is 1. The molecule has 1 aromatic rings. The molecule has 2 N–H and O–H groups in total. The fourth-order valence-corrected chi connectivity index (χ4v) is 4.65. The molecule has 0 amide bonds. The zero-order valence-electron chi connectivity index (χ0n) is 21.3. The highest BCUT2D eigenvalue weighted by Gasteiger charge is 1.96. The van der Waals surface area contributed by atoms with Gasteiger partial charge in [-0.05, 0) is 31.4 Å². The van der Waals surface area contributed by atoms with E-state index in [0.29, 0.717) is 0 Å². The summed E-state index contributed by atoms with van der Waals surface area (Å²) in [7, 11) is 0. The Kier molecular flexibility index (Phi) is 26.3. The summed E-state index contributed by atoms with van der Waals surface area (Å²) in [4.78, 5) is 0. The van der Waals surface area contributed by atoms with Crippen LogP contribution in [0.2, 0.25) is 0 Å². The number of hydrogen-bond donors (Lipinski definition) is 1. The van der Waals surface area contributed by atoms with Crippen LogP contribution in [0.4, 0.5) is 0 Å². The summed E-state index contributed by atoms with van der Waals surface area (Å²) in [6, 6.07) is 10.9. The van der Waals surface area contributed by atoms with E-state index >= 15 is 0 Å². The molecular weight excluding hydrogens is 410 g/mol. The van der Waals surface area contributed by atoms with Crippen molar-refractivity contribution in [2.24, 2.45) is 5.73 Å². The minimum absolute atomic E-state index is 0. The van der Waals surface area contributed by atoms with Crippen molar-refractivity contribution in [1.29, 1.82) is 0 Å². The number of hydrogen-bond acceptors (Lipinski definition) is 1. The van der Waals surface area contributed by atoms with Crippen LogP contribution < -0.4 is 5.73 Å². The second-order valence-electron chi connectivity index (χ2n) is 9.80. The van der Waals surface area contributed by atoms with Gasteiger partial charge in [-0.3, -0.25) is 0 Å². The maximum absolute atomic E-state index is 5.53. The van der Waals surface area contributed by atoms with Gasteiger partial charge in [0, 0.05) is 0 Å². The van der Waals surface area contributed by atoms with Crippen LogP contribution in [-0.2, 0) is 6.42 Å². The Labute approximate surface area is 208 Å². The molecule has 1 aromatic carbocycles. The lowest BCUT2D eigenvalue weighted by molar-refractivity contribution is 0.518. The number of rotatable bonds is 24. The minimum Gasteiger partial charge on any atom is -0.330 e. The SMILES string of the molecule is Cl.NCCCCCCCCCCCCCCCCCCCCCCCCc1ccccc1. The van der Waals surface area contributed by atoms with Gasteiger partial charge in [-0.1, -0.05) is 159 Å². The number of halogens is 1. The van der Waals surface area contributed by atoms with Crippen LogP contribution in [0.1, 0.15) is 147 Å². The first-order chi connectivity index (χ1) is 15.4. The summed E-state index contributed by atoms with van der Waals surface area (Å²) < 4.78 is 0. The molecule has 0 radical (unpaired) electrons. The smallest absolute Gasteiger partial charge is 0.00773 e. The number of benzene rings is 1. The van der Waals surface area contributed by atoms with Gasteiger partial charge in [0.15, 0.2) is 0 Å². The van der Waals surface area contributed by atoms with Crippen molar-refractivity contribution in [2.45, 2.75) is 148 Å². The van der Waals surface area contributed by atoms with E-state index in [9.17, 15) is 0 Å². The minimum atomic E-state index is 0. The van der Waals surface area contributed by atoms with Crippen molar-refractivity contribution in [3.8, 4) is 0 Å². The van der Waals surface area contributed by atoms with Gasteiger partial charge in [-0.25, -0.2) is 0 Å². The standard InChI is InChI=1S/C30H55N.ClH/c31-29-25-20-18-16-14-12-10-8-6-4-2-1-3-5-7-9-11-13-15-17-19-22-26-30-27-23-21-24-28-30;/h21,23-24,27-28H,1-20,22,25-26,29,31H2;1H. The number of unbranched alkanes of at least 4 members (excludes halogenated alkanes) is 21. The Morgan fingerprint density at radius 3 is 0.969 bits per heavy atom. The Bertz CT molecular complexity index is 447. The van der Waals surface area contributed by atoms with Crippen LogP contribution in [0.3, 0.4) is 0 Å². The van der Waals surface area contributed by atoms with Crippen molar-refractivity contribution in [1.82, 2.24) is 0 Å². The largest absolute Gasteiger partial charge is 0.330 e. The van der Waals surface area contributed by atoms with Crippen molar-refractivity contribution in [3.05, 3.63) is 35.9 Å². The highest BCUT2D eigenvalue weighted by Crippen LogP contribution is 2.15. The van der Waals surface area contributed by atoms with Crippen molar-refractivity contribution in [2.75, 3.05) is 6.54 Å². The molecule has 1 rings (SSSR count). The van der Waals surface area contributed by atoms with Crippen LogP contribution in [0, 0.1) is 0 Å². The van der Waals surface area contributed by atoms with Crippen molar-refractivity contribution in [3.63, 3.8) is 0 Å². The van der Waals surface area contributed by atoms with E-state index in [-0.39, 0.29) is 12.4 Å². The third kappa shape index (κ3) is 22.7. The third-order valence-electron chi connectivity index (χ3n) is 6.76. The first-order valence-electron chi connectivity index (χ1n) is 14.2. The highest BCUT2D eigenvalue weighted by molar-refractivity contribution is 5.85. The molecule has 0 spiro atoms. The van der Waals surface area contributed by atoms with E-state index in [1.165, 1.54) is 153 Å². The average molecular weight is 466 g/mol. The molecular formula is C30H56ClN. The monoisotopic (exact) mass is 465 g/mol. The molecule has 0 unspecified atom stereocenters. The second-order valence-corrected chi connectivity index (χ2v) is 9.80. The van der Waals surface area contributed by atoms with Gasteiger partial charge < -0.3 is 5.73 Å². The van der Waals surface area contributed by atoms with Crippen LogP contribution in [0.5, 0.6) is 0 Å². The van der Waals surface area contributed by atoms with Crippen molar-refractivity contribution >= 4 is 12.4 Å². The molecule has 0 atom stereocenters. The molecule has 0 aliphatic carbocycles. The zero-order chi connectivity index (χ0) is 22.1. The lowest BCUT2D eigenvalue weighted by Gasteiger charge is -2.04. The van der Waals surface area contributed by atoms with Crippen molar-refractivity contribution < 1.29 is 0 Å². The predicted octanol–water partition coefficient (Wildman–Crippen LogP) is 10.2. The van der Waals surface area contributed by atoms with E-state index in [0.717, 1.165) is 6.54 Å². The van der Waals surface area contributed by atoms with Gasteiger partial charge in [-0.2, -0.15) is 0 Å². The fourth-order valence-electron chi connectivity index (χ4n) is 4.65. The topological polar surface area (TPSA) is 26.0 Å². The van der Waals surface area contributed by atoms with E-state index in [2.05, 4.69) is 30.3 Å².